The standard InChI is InChI=1S/C10H13NO2/c1-8(12)7-10(13-2)9-3-5-11-6-4-9/h3-6,10H,7H2,1-2H3. The number of nitrogens with zero attached hydrogens (tertiary/aromatic N) is 1. The van der Waals surface area contributed by atoms with Crippen molar-refractivity contribution in [1.29, 1.82) is 0 Å². The number of aromatic nitrogens is 1. The van der Waals surface area contributed by atoms with Crippen molar-refractivity contribution in [3.63, 3.8) is 0 Å². The number of hydrogen-bond donors (Lipinski definition) is 0. The number of pyridine rings is 1. The van der Waals surface area contributed by atoms with E-state index in [1.807, 2.05) is 12.1 Å². The summed E-state index contributed by atoms with van der Waals surface area (Å²) in [6, 6.07) is 3.72. The van der Waals surface area contributed by atoms with Crippen molar-refractivity contribution in [3.8, 4) is 0 Å². The van der Waals surface area contributed by atoms with E-state index in [-0.39, 0.29) is 11.9 Å². The molecule has 1 atom stereocenters. The molecule has 0 amide bonds. The third-order valence-corrected chi connectivity index (χ3v) is 1.84. The second kappa shape index (κ2) is 4.72. The molecular formula is C10H13NO2. The second-order valence-corrected chi connectivity index (χ2v) is 2.91. The van der Waals surface area contributed by atoms with Crippen LogP contribution in [0.15, 0.2) is 24.5 Å². The quantitative estimate of drug-likeness (QED) is 0.706. The predicted molar refractivity (Wildman–Crippen MR) is 49.3 cm³/mol. The maximum Gasteiger partial charge on any atom is 0.132 e. The lowest BCUT2D eigenvalue weighted by Crippen LogP contribution is -2.06. The van der Waals surface area contributed by atoms with Crippen LogP contribution in [0.25, 0.3) is 0 Å². The summed E-state index contributed by atoms with van der Waals surface area (Å²) in [6.45, 7) is 1.56. The molecule has 0 saturated carbocycles. The number of ketones is 1. The summed E-state index contributed by atoms with van der Waals surface area (Å²) in [6.07, 6.45) is 3.67. The molecule has 3 heteroatoms. The Morgan fingerprint density at radius 3 is 2.62 bits per heavy atom. The van der Waals surface area contributed by atoms with Crippen LogP contribution in [0, 0.1) is 0 Å². The van der Waals surface area contributed by atoms with Crippen LogP contribution in [0.4, 0.5) is 0 Å². The SMILES string of the molecule is COC(CC(C)=O)c1ccncc1. The Labute approximate surface area is 77.8 Å². The molecule has 70 valence electrons. The molecule has 0 aliphatic carbocycles. The molecule has 0 N–H and O–H groups in total. The van der Waals surface area contributed by atoms with Gasteiger partial charge in [-0.2, -0.15) is 0 Å². The van der Waals surface area contributed by atoms with E-state index in [2.05, 4.69) is 4.98 Å². The van der Waals surface area contributed by atoms with Crippen molar-refractivity contribution in [3.05, 3.63) is 30.1 Å². The minimum absolute atomic E-state index is 0.128. The molecule has 0 aliphatic heterocycles. The lowest BCUT2D eigenvalue weighted by Gasteiger charge is -2.13. The number of carbonyl (C=O) groups is 1. The highest BCUT2D eigenvalue weighted by Gasteiger charge is 2.11. The van der Waals surface area contributed by atoms with Gasteiger partial charge in [-0.3, -0.25) is 9.78 Å². The molecule has 0 aliphatic rings. The van der Waals surface area contributed by atoms with E-state index in [1.165, 1.54) is 0 Å². The number of hydrogen-bond acceptors (Lipinski definition) is 3. The van der Waals surface area contributed by atoms with E-state index in [0.717, 1.165) is 5.56 Å². The number of ether oxygens (including phenoxy) is 1. The first-order chi connectivity index (χ1) is 6.24. The number of rotatable bonds is 4. The van der Waals surface area contributed by atoms with E-state index < -0.39 is 0 Å². The zero-order valence-corrected chi connectivity index (χ0v) is 7.86. The molecule has 0 bridgehead atoms. The Kier molecular flexibility index (Phi) is 3.58. The highest BCUT2D eigenvalue weighted by Crippen LogP contribution is 2.19. The largest absolute Gasteiger partial charge is 0.376 e. The normalized spacial score (nSPS) is 12.5. The van der Waals surface area contributed by atoms with Gasteiger partial charge in [0.1, 0.15) is 5.78 Å². The van der Waals surface area contributed by atoms with Crippen LogP contribution < -0.4 is 0 Å². The zero-order valence-electron chi connectivity index (χ0n) is 7.86. The first-order valence-electron chi connectivity index (χ1n) is 4.16. The van der Waals surface area contributed by atoms with Gasteiger partial charge in [-0.1, -0.05) is 0 Å². The summed E-state index contributed by atoms with van der Waals surface area (Å²) in [5.41, 5.74) is 0.993. The van der Waals surface area contributed by atoms with E-state index >= 15 is 0 Å². The topological polar surface area (TPSA) is 39.2 Å². The molecule has 1 heterocycles. The van der Waals surface area contributed by atoms with Gasteiger partial charge < -0.3 is 4.74 Å². The summed E-state index contributed by atoms with van der Waals surface area (Å²) in [4.78, 5) is 14.8. The molecule has 1 rings (SSSR count). The number of carbonyl (C=O) groups excluding carboxylic acids is 1. The summed E-state index contributed by atoms with van der Waals surface area (Å²) in [5.74, 6) is 0.128. The van der Waals surface area contributed by atoms with Crippen LogP contribution in [-0.4, -0.2) is 17.9 Å². The molecule has 1 aromatic rings. The fourth-order valence-corrected chi connectivity index (χ4v) is 1.18. The Hall–Kier alpha value is -1.22. The van der Waals surface area contributed by atoms with Gasteiger partial charge in [0.2, 0.25) is 0 Å². The van der Waals surface area contributed by atoms with Gasteiger partial charge in [-0.05, 0) is 24.6 Å². The molecule has 3 nitrogen and oxygen atoms in total. The smallest absolute Gasteiger partial charge is 0.132 e. The minimum Gasteiger partial charge on any atom is -0.376 e. The van der Waals surface area contributed by atoms with E-state index in [4.69, 9.17) is 4.74 Å². The lowest BCUT2D eigenvalue weighted by molar-refractivity contribution is -0.119. The number of methoxy groups -OCH3 is 1. The van der Waals surface area contributed by atoms with Gasteiger partial charge in [0, 0.05) is 25.9 Å². The van der Waals surface area contributed by atoms with Crippen LogP contribution in [0.1, 0.15) is 25.0 Å². The molecule has 0 fully saturated rings. The van der Waals surface area contributed by atoms with Crippen molar-refractivity contribution in [2.75, 3.05) is 7.11 Å². The molecule has 0 radical (unpaired) electrons. The van der Waals surface area contributed by atoms with E-state index in [0.29, 0.717) is 6.42 Å². The van der Waals surface area contributed by atoms with Gasteiger partial charge in [0.05, 0.1) is 6.10 Å². The van der Waals surface area contributed by atoms with E-state index in [1.54, 1.807) is 26.4 Å². The fraction of sp³-hybridized carbons (Fsp3) is 0.400. The van der Waals surface area contributed by atoms with Crippen molar-refractivity contribution in [1.82, 2.24) is 4.98 Å². The Bertz CT molecular complexity index is 272. The van der Waals surface area contributed by atoms with Crippen LogP contribution in [0.3, 0.4) is 0 Å². The molecular weight excluding hydrogens is 166 g/mol. The van der Waals surface area contributed by atoms with Gasteiger partial charge in [0.25, 0.3) is 0 Å². The van der Waals surface area contributed by atoms with Crippen LogP contribution in [-0.2, 0) is 9.53 Å². The maximum absolute atomic E-state index is 10.9. The molecule has 0 saturated heterocycles. The fourth-order valence-electron chi connectivity index (χ4n) is 1.18. The molecule has 13 heavy (non-hydrogen) atoms. The summed E-state index contributed by atoms with van der Waals surface area (Å²) >= 11 is 0. The first kappa shape index (κ1) is 9.86. The summed E-state index contributed by atoms with van der Waals surface area (Å²) < 4.78 is 5.20. The molecule has 0 spiro atoms. The van der Waals surface area contributed by atoms with Gasteiger partial charge in [0.15, 0.2) is 0 Å². The van der Waals surface area contributed by atoms with Crippen LogP contribution >= 0.6 is 0 Å². The Morgan fingerprint density at radius 2 is 2.15 bits per heavy atom. The average Bonchev–Trinajstić information content (AvgIpc) is 2.15. The van der Waals surface area contributed by atoms with Crippen molar-refractivity contribution < 1.29 is 9.53 Å². The van der Waals surface area contributed by atoms with E-state index in [9.17, 15) is 4.79 Å². The summed E-state index contributed by atoms with van der Waals surface area (Å²) in [7, 11) is 1.61. The third kappa shape index (κ3) is 2.95. The molecule has 1 aromatic heterocycles. The van der Waals surface area contributed by atoms with Crippen molar-refractivity contribution in [2.24, 2.45) is 0 Å². The van der Waals surface area contributed by atoms with Crippen molar-refractivity contribution >= 4 is 5.78 Å². The molecule has 0 aromatic carbocycles. The average molecular weight is 179 g/mol. The van der Waals surface area contributed by atoms with Crippen molar-refractivity contribution in [2.45, 2.75) is 19.4 Å². The Balaban J connectivity index is 2.73. The highest BCUT2D eigenvalue weighted by atomic mass is 16.5. The van der Waals surface area contributed by atoms with Crippen LogP contribution in [0.2, 0.25) is 0 Å². The zero-order chi connectivity index (χ0) is 9.68. The number of Topliss-reactive ketones (excluding diaryl/α,β-unsaturated/α-hetero) is 1. The minimum atomic E-state index is -0.138. The summed E-state index contributed by atoms with van der Waals surface area (Å²) in [5, 5.41) is 0. The maximum atomic E-state index is 10.9. The Morgan fingerprint density at radius 1 is 1.54 bits per heavy atom. The first-order valence-corrected chi connectivity index (χ1v) is 4.16. The molecule has 1 unspecified atom stereocenters. The highest BCUT2D eigenvalue weighted by molar-refractivity contribution is 5.76. The van der Waals surface area contributed by atoms with Gasteiger partial charge >= 0.3 is 0 Å². The third-order valence-electron chi connectivity index (χ3n) is 1.84. The van der Waals surface area contributed by atoms with Gasteiger partial charge in [-0.25, -0.2) is 0 Å². The monoisotopic (exact) mass is 179 g/mol. The predicted octanol–water partition coefficient (Wildman–Crippen LogP) is 1.75. The lowest BCUT2D eigenvalue weighted by atomic mass is 10.1. The van der Waals surface area contributed by atoms with Gasteiger partial charge in [-0.15, -0.1) is 0 Å². The van der Waals surface area contributed by atoms with Crippen LogP contribution in [0.5, 0.6) is 0 Å². The second-order valence-electron chi connectivity index (χ2n) is 2.91.